The number of hydrogen-bond acceptors (Lipinski definition) is 5. The van der Waals surface area contributed by atoms with Gasteiger partial charge in [-0.15, -0.1) is 0 Å². The molecular weight excluding hydrogens is 190 g/mol. The zero-order valence-corrected chi connectivity index (χ0v) is 8.43. The minimum absolute atomic E-state index is 0.0231. The van der Waals surface area contributed by atoms with Gasteiger partial charge in [0.05, 0.1) is 0 Å². The van der Waals surface area contributed by atoms with E-state index in [0.29, 0.717) is 0 Å². The number of carboxylic acid groups (broad SMARTS) is 2. The molecule has 0 aliphatic heterocycles. The van der Waals surface area contributed by atoms with Gasteiger partial charge in [0, 0.05) is 6.42 Å². The van der Waals surface area contributed by atoms with E-state index in [0.717, 1.165) is 0 Å². The fourth-order valence-electron chi connectivity index (χ4n) is 0.402. The average Bonchev–Trinajstić information content (AvgIpc) is 2.20. The first-order chi connectivity index (χ1) is 6.54. The van der Waals surface area contributed by atoms with Crippen molar-refractivity contribution in [1.29, 1.82) is 0 Å². The quantitative estimate of drug-likeness (QED) is 0.374. The summed E-state index contributed by atoms with van der Waals surface area (Å²) in [6.07, 6.45) is -0.224. The van der Waals surface area contributed by atoms with Gasteiger partial charge in [0.25, 0.3) is 0 Å². The number of aliphatic carboxylic acids is 2. The van der Waals surface area contributed by atoms with Gasteiger partial charge in [0.1, 0.15) is 6.04 Å². The van der Waals surface area contributed by atoms with Gasteiger partial charge in [-0.05, 0) is 20.5 Å². The van der Waals surface area contributed by atoms with Crippen LogP contribution < -0.4 is 17.2 Å². The van der Waals surface area contributed by atoms with E-state index < -0.39 is 18.0 Å². The minimum Gasteiger partial charge on any atom is -0.481 e. The molecule has 0 aromatic carbocycles. The first-order valence-corrected chi connectivity index (χ1v) is 3.89. The third-order valence-electron chi connectivity index (χ3n) is 0.986. The molecule has 0 aliphatic rings. The maximum atomic E-state index is 9.99. The van der Waals surface area contributed by atoms with Gasteiger partial charge < -0.3 is 27.4 Å². The van der Waals surface area contributed by atoms with Crippen LogP contribution in [0.15, 0.2) is 0 Å². The lowest BCUT2D eigenvalue weighted by atomic mass is 10.2. The van der Waals surface area contributed by atoms with Gasteiger partial charge in [-0.25, -0.2) is 0 Å². The third-order valence-corrected chi connectivity index (χ3v) is 0.986. The van der Waals surface area contributed by atoms with Gasteiger partial charge in [0.15, 0.2) is 0 Å². The molecule has 7 nitrogen and oxygen atoms in total. The molecule has 0 aromatic heterocycles. The highest BCUT2D eigenvalue weighted by Crippen LogP contribution is 1.93. The second-order valence-electron chi connectivity index (χ2n) is 1.88. The molecule has 0 bridgehead atoms. The number of carboxylic acids is 2. The summed E-state index contributed by atoms with van der Waals surface area (Å²) in [4.78, 5) is 19.9. The van der Waals surface area contributed by atoms with E-state index in [1.165, 1.54) is 14.1 Å². The highest BCUT2D eigenvalue weighted by atomic mass is 16.4. The third kappa shape index (κ3) is 17.1. The molecule has 0 radical (unpaired) electrons. The van der Waals surface area contributed by atoms with Crippen molar-refractivity contribution in [3.8, 4) is 0 Å². The van der Waals surface area contributed by atoms with Gasteiger partial charge in [-0.3, -0.25) is 9.59 Å². The van der Waals surface area contributed by atoms with Crippen LogP contribution in [0.25, 0.3) is 0 Å². The van der Waals surface area contributed by atoms with Crippen molar-refractivity contribution >= 4 is 11.9 Å². The Bertz CT molecular complexity index is 152. The standard InChI is InChI=1S/C5H9NO4.2CH5N/c6-3(5(9)10)1-2-4(7)8;2*1-2/h3H,1-2,6H2,(H,7,8)(H,9,10);2*2H2,1H3. The van der Waals surface area contributed by atoms with E-state index in [9.17, 15) is 9.59 Å². The Morgan fingerprint density at radius 2 is 1.50 bits per heavy atom. The molecule has 0 saturated heterocycles. The second kappa shape index (κ2) is 14.3. The Morgan fingerprint density at radius 1 is 1.14 bits per heavy atom. The maximum absolute atomic E-state index is 9.99. The van der Waals surface area contributed by atoms with Crippen molar-refractivity contribution in [1.82, 2.24) is 0 Å². The van der Waals surface area contributed by atoms with E-state index in [-0.39, 0.29) is 12.8 Å². The molecule has 0 spiro atoms. The Labute approximate surface area is 82.9 Å². The van der Waals surface area contributed by atoms with Crippen molar-refractivity contribution in [2.24, 2.45) is 17.2 Å². The van der Waals surface area contributed by atoms with Crippen LogP contribution in [0.2, 0.25) is 0 Å². The molecule has 0 rings (SSSR count). The lowest BCUT2D eigenvalue weighted by Crippen LogP contribution is -2.30. The first-order valence-electron chi connectivity index (χ1n) is 3.89. The molecule has 8 N–H and O–H groups in total. The summed E-state index contributed by atoms with van der Waals surface area (Å²) in [5, 5.41) is 16.3. The first kappa shape index (κ1) is 18.6. The SMILES string of the molecule is CN.CN.NC(CCC(=O)O)C(=O)O. The van der Waals surface area contributed by atoms with Crippen LogP contribution >= 0.6 is 0 Å². The van der Waals surface area contributed by atoms with Crippen molar-refractivity contribution in [3.63, 3.8) is 0 Å². The van der Waals surface area contributed by atoms with Crippen LogP contribution in [0.3, 0.4) is 0 Å². The fourth-order valence-corrected chi connectivity index (χ4v) is 0.402. The molecule has 86 valence electrons. The molecule has 7 heteroatoms. The summed E-state index contributed by atoms with van der Waals surface area (Å²) in [6, 6.07) is -1.06. The highest BCUT2D eigenvalue weighted by molar-refractivity contribution is 5.74. The van der Waals surface area contributed by atoms with E-state index in [4.69, 9.17) is 15.9 Å². The summed E-state index contributed by atoms with van der Waals surface area (Å²) in [6.45, 7) is 0. The smallest absolute Gasteiger partial charge is 0.320 e. The molecule has 1 unspecified atom stereocenters. The molecule has 0 heterocycles. The topological polar surface area (TPSA) is 153 Å². The molecule has 0 aromatic rings. The Morgan fingerprint density at radius 3 is 1.71 bits per heavy atom. The van der Waals surface area contributed by atoms with Gasteiger partial charge in [0.2, 0.25) is 0 Å². The van der Waals surface area contributed by atoms with Crippen molar-refractivity contribution < 1.29 is 19.8 Å². The Balaban J connectivity index is -0.000000266. The lowest BCUT2D eigenvalue weighted by Gasteiger charge is -2.01. The van der Waals surface area contributed by atoms with Crippen molar-refractivity contribution in [2.45, 2.75) is 18.9 Å². The predicted octanol–water partition coefficient (Wildman–Crippen LogP) is -1.59. The van der Waals surface area contributed by atoms with E-state index in [1.807, 2.05) is 0 Å². The fraction of sp³-hybridized carbons (Fsp3) is 0.714. The van der Waals surface area contributed by atoms with Crippen LogP contribution in [-0.4, -0.2) is 42.3 Å². The number of carbonyl (C=O) groups is 2. The predicted molar refractivity (Wildman–Crippen MR) is 52.7 cm³/mol. The van der Waals surface area contributed by atoms with E-state index in [2.05, 4.69) is 11.5 Å². The van der Waals surface area contributed by atoms with E-state index >= 15 is 0 Å². The summed E-state index contributed by atoms with van der Waals surface area (Å²) >= 11 is 0. The zero-order chi connectivity index (χ0) is 12.1. The molecule has 0 fully saturated rings. The molecule has 0 amide bonds. The Kier molecular flexibility index (Phi) is 19.0. The minimum atomic E-state index is -1.17. The van der Waals surface area contributed by atoms with Gasteiger partial charge in [-0.2, -0.15) is 0 Å². The zero-order valence-electron chi connectivity index (χ0n) is 8.43. The largest absolute Gasteiger partial charge is 0.481 e. The van der Waals surface area contributed by atoms with E-state index in [1.54, 1.807) is 0 Å². The van der Waals surface area contributed by atoms with Crippen LogP contribution in [0.5, 0.6) is 0 Å². The number of hydrogen-bond donors (Lipinski definition) is 5. The monoisotopic (exact) mass is 209 g/mol. The highest BCUT2D eigenvalue weighted by Gasteiger charge is 2.12. The van der Waals surface area contributed by atoms with Crippen molar-refractivity contribution in [2.75, 3.05) is 14.1 Å². The summed E-state index contributed by atoms with van der Waals surface area (Å²) < 4.78 is 0. The molecule has 1 atom stereocenters. The summed E-state index contributed by atoms with van der Waals surface area (Å²) in [5.41, 5.74) is 14.0. The molecular formula is C7H19N3O4. The van der Waals surface area contributed by atoms with Gasteiger partial charge in [-0.1, -0.05) is 0 Å². The van der Waals surface area contributed by atoms with Crippen LogP contribution in [0.4, 0.5) is 0 Å². The molecule has 0 aliphatic carbocycles. The number of nitrogens with two attached hydrogens (primary N) is 3. The van der Waals surface area contributed by atoms with Crippen LogP contribution in [0, 0.1) is 0 Å². The van der Waals surface area contributed by atoms with Crippen LogP contribution in [-0.2, 0) is 9.59 Å². The normalized spacial score (nSPS) is 9.79. The Hall–Kier alpha value is -1.18. The maximum Gasteiger partial charge on any atom is 0.320 e. The summed E-state index contributed by atoms with van der Waals surface area (Å²) in [5.74, 6) is -2.20. The lowest BCUT2D eigenvalue weighted by molar-refractivity contribution is -0.139. The second-order valence-corrected chi connectivity index (χ2v) is 1.88. The molecule has 0 saturated carbocycles. The molecule has 14 heavy (non-hydrogen) atoms. The number of rotatable bonds is 4. The average molecular weight is 209 g/mol. The van der Waals surface area contributed by atoms with Crippen LogP contribution in [0.1, 0.15) is 12.8 Å². The van der Waals surface area contributed by atoms with Crippen molar-refractivity contribution in [3.05, 3.63) is 0 Å². The summed E-state index contributed by atoms with van der Waals surface area (Å²) in [7, 11) is 3.00. The van der Waals surface area contributed by atoms with Gasteiger partial charge >= 0.3 is 11.9 Å².